The summed E-state index contributed by atoms with van der Waals surface area (Å²) in [6.45, 7) is 10.8. The van der Waals surface area contributed by atoms with Gasteiger partial charge in [-0.15, -0.1) is 0 Å². The molecule has 0 aromatic heterocycles. The van der Waals surface area contributed by atoms with Gasteiger partial charge in [0.05, 0.1) is 0 Å². The van der Waals surface area contributed by atoms with E-state index in [4.69, 9.17) is 0 Å². The lowest BCUT2D eigenvalue weighted by Crippen LogP contribution is -2.11. The van der Waals surface area contributed by atoms with Crippen LogP contribution in [0.2, 0.25) is 0 Å². The SMILES string of the molecule is Cc1cc(-c2ccc(C3CCC(C)CC3)cc2F)c(C)c(C)c1C. The van der Waals surface area contributed by atoms with Crippen LogP contribution < -0.4 is 0 Å². The van der Waals surface area contributed by atoms with Gasteiger partial charge in [-0.3, -0.25) is 0 Å². The summed E-state index contributed by atoms with van der Waals surface area (Å²) in [6, 6.07) is 8.08. The monoisotopic (exact) mass is 324 g/mol. The van der Waals surface area contributed by atoms with E-state index in [0.29, 0.717) is 5.92 Å². The van der Waals surface area contributed by atoms with Gasteiger partial charge in [-0.1, -0.05) is 38.0 Å². The molecule has 0 amide bonds. The van der Waals surface area contributed by atoms with Gasteiger partial charge in [0.15, 0.2) is 0 Å². The van der Waals surface area contributed by atoms with E-state index in [-0.39, 0.29) is 5.82 Å². The van der Waals surface area contributed by atoms with Gasteiger partial charge < -0.3 is 0 Å². The first kappa shape index (κ1) is 17.2. The fraction of sp³-hybridized carbons (Fsp3) is 0.478. The van der Waals surface area contributed by atoms with Crippen LogP contribution in [0.15, 0.2) is 24.3 Å². The first-order valence-corrected chi connectivity index (χ1v) is 9.25. The van der Waals surface area contributed by atoms with Gasteiger partial charge in [0.2, 0.25) is 0 Å². The molecule has 0 bridgehead atoms. The van der Waals surface area contributed by atoms with Crippen molar-refractivity contribution in [3.05, 3.63) is 57.9 Å². The Labute approximate surface area is 146 Å². The van der Waals surface area contributed by atoms with Crippen LogP contribution in [0.3, 0.4) is 0 Å². The predicted molar refractivity (Wildman–Crippen MR) is 101 cm³/mol. The maximum absolute atomic E-state index is 14.9. The lowest BCUT2D eigenvalue weighted by atomic mass is 9.79. The highest BCUT2D eigenvalue weighted by molar-refractivity contribution is 5.71. The summed E-state index contributed by atoms with van der Waals surface area (Å²) in [5.74, 6) is 1.29. The van der Waals surface area contributed by atoms with Crippen LogP contribution in [0.5, 0.6) is 0 Å². The van der Waals surface area contributed by atoms with E-state index in [9.17, 15) is 4.39 Å². The molecule has 24 heavy (non-hydrogen) atoms. The third-order valence-electron chi connectivity index (χ3n) is 6.25. The zero-order chi connectivity index (χ0) is 17.4. The van der Waals surface area contributed by atoms with Crippen LogP contribution in [-0.2, 0) is 0 Å². The van der Waals surface area contributed by atoms with Gasteiger partial charge >= 0.3 is 0 Å². The Kier molecular flexibility index (Phi) is 4.80. The first-order valence-electron chi connectivity index (χ1n) is 9.25. The van der Waals surface area contributed by atoms with Gasteiger partial charge in [-0.25, -0.2) is 4.39 Å². The quantitative estimate of drug-likeness (QED) is 0.557. The Morgan fingerprint density at radius 3 is 2.08 bits per heavy atom. The predicted octanol–water partition coefficient (Wildman–Crippen LogP) is 7.02. The highest BCUT2D eigenvalue weighted by Gasteiger charge is 2.21. The third-order valence-corrected chi connectivity index (χ3v) is 6.25. The van der Waals surface area contributed by atoms with Crippen LogP contribution >= 0.6 is 0 Å². The second kappa shape index (κ2) is 6.70. The normalized spacial score (nSPS) is 21.1. The van der Waals surface area contributed by atoms with Gasteiger partial charge in [0, 0.05) is 5.56 Å². The van der Waals surface area contributed by atoms with Crippen molar-refractivity contribution in [2.45, 2.75) is 66.2 Å². The Morgan fingerprint density at radius 2 is 1.46 bits per heavy atom. The molecule has 2 aromatic rings. The van der Waals surface area contributed by atoms with Crippen molar-refractivity contribution in [3.8, 4) is 11.1 Å². The number of rotatable bonds is 2. The summed E-state index contributed by atoms with van der Waals surface area (Å²) in [4.78, 5) is 0. The lowest BCUT2D eigenvalue weighted by molar-refractivity contribution is 0.347. The molecule has 0 nitrogen and oxygen atoms in total. The van der Waals surface area contributed by atoms with E-state index in [1.165, 1.54) is 53.5 Å². The fourth-order valence-electron chi connectivity index (χ4n) is 4.09. The largest absolute Gasteiger partial charge is 0.206 e. The van der Waals surface area contributed by atoms with Crippen molar-refractivity contribution in [1.82, 2.24) is 0 Å². The topological polar surface area (TPSA) is 0 Å². The van der Waals surface area contributed by atoms with Crippen molar-refractivity contribution in [2.75, 3.05) is 0 Å². The van der Waals surface area contributed by atoms with E-state index in [0.717, 1.165) is 17.0 Å². The molecule has 1 aliphatic carbocycles. The van der Waals surface area contributed by atoms with E-state index in [1.54, 1.807) is 6.07 Å². The van der Waals surface area contributed by atoms with Gasteiger partial charge in [0.25, 0.3) is 0 Å². The second-order valence-electron chi connectivity index (χ2n) is 7.81. The minimum atomic E-state index is -0.0723. The molecule has 0 atom stereocenters. The molecule has 0 aliphatic heterocycles. The molecule has 1 fully saturated rings. The number of benzene rings is 2. The Balaban J connectivity index is 1.97. The molecule has 0 heterocycles. The molecule has 1 aliphatic rings. The number of hydrogen-bond acceptors (Lipinski definition) is 0. The summed E-state index contributed by atoms with van der Waals surface area (Å²) < 4.78 is 14.9. The number of hydrogen-bond donors (Lipinski definition) is 0. The van der Waals surface area contributed by atoms with Crippen molar-refractivity contribution in [3.63, 3.8) is 0 Å². The summed E-state index contributed by atoms with van der Waals surface area (Å²) >= 11 is 0. The third kappa shape index (κ3) is 3.14. The molecule has 0 N–H and O–H groups in total. The molecule has 1 saturated carbocycles. The van der Waals surface area contributed by atoms with Crippen molar-refractivity contribution in [1.29, 1.82) is 0 Å². The van der Waals surface area contributed by atoms with E-state index < -0.39 is 0 Å². The zero-order valence-corrected chi connectivity index (χ0v) is 15.7. The molecule has 3 rings (SSSR count). The second-order valence-corrected chi connectivity index (χ2v) is 7.81. The van der Waals surface area contributed by atoms with Crippen molar-refractivity contribution < 1.29 is 4.39 Å². The Morgan fingerprint density at radius 1 is 0.792 bits per heavy atom. The Bertz CT molecular complexity index is 749. The number of aryl methyl sites for hydroxylation is 1. The first-order chi connectivity index (χ1) is 11.4. The molecular weight excluding hydrogens is 295 g/mol. The van der Waals surface area contributed by atoms with E-state index in [1.807, 2.05) is 6.07 Å². The summed E-state index contributed by atoms with van der Waals surface area (Å²) in [7, 11) is 0. The summed E-state index contributed by atoms with van der Waals surface area (Å²) in [5, 5.41) is 0. The van der Waals surface area contributed by atoms with Crippen LogP contribution in [0.1, 0.15) is 66.3 Å². The maximum Gasteiger partial charge on any atom is 0.131 e. The molecule has 128 valence electrons. The fourth-order valence-corrected chi connectivity index (χ4v) is 4.09. The van der Waals surface area contributed by atoms with Gasteiger partial charge in [-0.2, -0.15) is 0 Å². The number of halogens is 1. The summed E-state index contributed by atoms with van der Waals surface area (Å²) in [5.41, 5.74) is 7.97. The lowest BCUT2D eigenvalue weighted by Gasteiger charge is -2.26. The minimum Gasteiger partial charge on any atom is -0.206 e. The van der Waals surface area contributed by atoms with Gasteiger partial charge in [0.1, 0.15) is 5.82 Å². The Hall–Kier alpha value is -1.63. The smallest absolute Gasteiger partial charge is 0.131 e. The van der Waals surface area contributed by atoms with Crippen LogP contribution in [0.25, 0.3) is 11.1 Å². The molecule has 0 unspecified atom stereocenters. The maximum atomic E-state index is 14.9. The van der Waals surface area contributed by atoms with Gasteiger partial charge in [-0.05, 0) is 91.8 Å². The molecule has 0 saturated heterocycles. The molecule has 1 heteroatoms. The van der Waals surface area contributed by atoms with Crippen LogP contribution in [-0.4, -0.2) is 0 Å². The van der Waals surface area contributed by atoms with Crippen LogP contribution in [0.4, 0.5) is 4.39 Å². The van der Waals surface area contributed by atoms with E-state index in [2.05, 4.69) is 46.8 Å². The van der Waals surface area contributed by atoms with E-state index >= 15 is 0 Å². The standard InChI is InChI=1S/C23H29F/c1-14-6-8-19(9-7-14)20-10-11-21(23(24)13-20)22-12-15(2)16(3)17(4)18(22)5/h10-14,19H,6-9H2,1-5H3. The average molecular weight is 324 g/mol. The highest BCUT2D eigenvalue weighted by Crippen LogP contribution is 2.38. The summed E-state index contributed by atoms with van der Waals surface area (Å²) in [6.07, 6.45) is 4.93. The zero-order valence-electron chi connectivity index (χ0n) is 15.7. The molecule has 0 spiro atoms. The molecule has 2 aromatic carbocycles. The van der Waals surface area contributed by atoms with Crippen molar-refractivity contribution >= 4 is 0 Å². The van der Waals surface area contributed by atoms with Crippen molar-refractivity contribution in [2.24, 2.45) is 5.92 Å². The minimum absolute atomic E-state index is 0.0723. The molecular formula is C23H29F. The van der Waals surface area contributed by atoms with Crippen LogP contribution in [0, 0.1) is 39.4 Å². The highest BCUT2D eigenvalue weighted by atomic mass is 19.1. The molecule has 0 radical (unpaired) electrons. The average Bonchev–Trinajstić information content (AvgIpc) is 2.57.